The molecule has 0 fully saturated rings. The SMILES string of the molecule is CC(C)(C)c1ccnc(-n2c3[c-]c(Oc4[c-]c(N5[CH-]N(c6ccc7ccccc7c6)c6ccncc65)ccc4)ccc3c3ccccc32)c1.[Pt]. The Kier molecular flexibility index (Phi) is 7.92. The van der Waals surface area contributed by atoms with Crippen molar-refractivity contribution < 1.29 is 25.8 Å². The molecule has 0 amide bonds. The maximum atomic E-state index is 6.48. The van der Waals surface area contributed by atoms with Crippen molar-refractivity contribution in [2.75, 3.05) is 9.80 Å². The van der Waals surface area contributed by atoms with Crippen LogP contribution in [0.2, 0.25) is 0 Å². The van der Waals surface area contributed by atoms with Crippen LogP contribution in [0, 0.1) is 18.8 Å². The first-order valence-electron chi connectivity index (χ1n) is 16.4. The van der Waals surface area contributed by atoms with Crippen molar-refractivity contribution in [3.8, 4) is 17.3 Å². The topological polar surface area (TPSA) is 46.4 Å². The smallest absolute Gasteiger partial charge is 0.135 e. The molecule has 3 aromatic heterocycles. The summed E-state index contributed by atoms with van der Waals surface area (Å²) < 4.78 is 8.66. The maximum Gasteiger partial charge on any atom is 0.135 e. The molecule has 0 aliphatic carbocycles. The Morgan fingerprint density at radius 2 is 1.50 bits per heavy atom. The standard InChI is InChI=1S/C43H32N5O.Pt/c1-43(2,3)31-19-22-45-42(24-31)48-38-14-7-6-13-36(38)37-18-17-35(26-40(37)48)49-34-12-8-11-32(25-34)47-28-46(39-20-21-44-27-41(39)47)33-16-15-29-9-4-5-10-30(29)23-33;/h4-24,27-28H,1-3H3;/q-3;. The van der Waals surface area contributed by atoms with Gasteiger partial charge in [-0.15, -0.1) is 48.1 Å². The van der Waals surface area contributed by atoms with Crippen molar-refractivity contribution in [1.29, 1.82) is 0 Å². The number of hydrogen-bond donors (Lipinski definition) is 0. The monoisotopic (exact) mass is 829 g/mol. The molecular weight excluding hydrogens is 798 g/mol. The molecule has 1 aliphatic heterocycles. The third-order valence-electron chi connectivity index (χ3n) is 9.17. The Balaban J connectivity index is 0.00000361. The van der Waals surface area contributed by atoms with Crippen molar-refractivity contribution in [2.24, 2.45) is 0 Å². The molecule has 1 aliphatic rings. The first kappa shape index (κ1) is 31.8. The van der Waals surface area contributed by atoms with Crippen LogP contribution in [0.25, 0.3) is 38.4 Å². The first-order valence-corrected chi connectivity index (χ1v) is 16.4. The number of para-hydroxylation sites is 1. The first-order chi connectivity index (χ1) is 23.9. The summed E-state index contributed by atoms with van der Waals surface area (Å²) in [5.74, 6) is 2.04. The molecule has 8 aromatic rings. The van der Waals surface area contributed by atoms with E-state index < -0.39 is 0 Å². The fourth-order valence-corrected chi connectivity index (χ4v) is 6.67. The molecule has 5 aromatic carbocycles. The third kappa shape index (κ3) is 5.50. The zero-order valence-corrected chi connectivity index (χ0v) is 30.0. The summed E-state index contributed by atoms with van der Waals surface area (Å²) in [5, 5.41) is 4.63. The van der Waals surface area contributed by atoms with Crippen LogP contribution in [0.4, 0.5) is 22.7 Å². The van der Waals surface area contributed by atoms with Crippen LogP contribution in [-0.2, 0) is 26.5 Å². The number of fused-ring (bicyclic) bond motifs is 5. The van der Waals surface area contributed by atoms with Gasteiger partial charge in [-0.05, 0) is 63.5 Å². The number of aromatic nitrogens is 3. The molecule has 0 saturated heterocycles. The van der Waals surface area contributed by atoms with Crippen LogP contribution in [0.1, 0.15) is 26.3 Å². The molecular formula is C43H32N5OPt-3. The fourth-order valence-electron chi connectivity index (χ4n) is 6.67. The summed E-state index contributed by atoms with van der Waals surface area (Å²) in [5.41, 5.74) is 7.11. The van der Waals surface area contributed by atoms with E-state index in [1.165, 1.54) is 16.3 Å². The van der Waals surface area contributed by atoms with Gasteiger partial charge in [0.15, 0.2) is 0 Å². The Morgan fingerprint density at radius 1 is 0.680 bits per heavy atom. The number of anilines is 4. The predicted molar refractivity (Wildman–Crippen MR) is 198 cm³/mol. The Hall–Kier alpha value is -5.45. The third-order valence-corrected chi connectivity index (χ3v) is 9.17. The van der Waals surface area contributed by atoms with Crippen LogP contribution in [-0.4, -0.2) is 14.5 Å². The average Bonchev–Trinajstić information content (AvgIpc) is 3.67. The summed E-state index contributed by atoms with van der Waals surface area (Å²) in [6.45, 7) is 8.74. The predicted octanol–water partition coefficient (Wildman–Crippen LogP) is 10.8. The van der Waals surface area contributed by atoms with E-state index in [-0.39, 0.29) is 26.5 Å². The summed E-state index contributed by atoms with van der Waals surface area (Å²) in [6.07, 6.45) is 5.60. The number of nitrogens with zero attached hydrogens (tertiary/aromatic N) is 5. The van der Waals surface area contributed by atoms with Crippen LogP contribution in [0.3, 0.4) is 0 Å². The molecule has 0 N–H and O–H groups in total. The van der Waals surface area contributed by atoms with Gasteiger partial charge in [0.2, 0.25) is 0 Å². The van der Waals surface area contributed by atoms with E-state index in [2.05, 4.69) is 144 Å². The quantitative estimate of drug-likeness (QED) is 0.162. The maximum absolute atomic E-state index is 6.48. The molecule has 0 radical (unpaired) electrons. The zero-order valence-electron chi connectivity index (χ0n) is 27.7. The molecule has 7 heteroatoms. The molecule has 0 saturated carbocycles. The van der Waals surface area contributed by atoms with E-state index in [1.807, 2.05) is 48.9 Å². The van der Waals surface area contributed by atoms with Gasteiger partial charge in [0.25, 0.3) is 0 Å². The Morgan fingerprint density at radius 3 is 2.38 bits per heavy atom. The van der Waals surface area contributed by atoms with Crippen LogP contribution in [0.5, 0.6) is 11.5 Å². The van der Waals surface area contributed by atoms with Crippen molar-refractivity contribution in [1.82, 2.24) is 14.5 Å². The van der Waals surface area contributed by atoms with E-state index >= 15 is 0 Å². The van der Waals surface area contributed by atoms with E-state index in [9.17, 15) is 0 Å². The molecule has 50 heavy (non-hydrogen) atoms. The fraction of sp³-hybridized carbons (Fsp3) is 0.0930. The summed E-state index contributed by atoms with van der Waals surface area (Å²) in [7, 11) is 0. The number of hydrogen-bond acceptors (Lipinski definition) is 5. The van der Waals surface area contributed by atoms with Crippen LogP contribution >= 0.6 is 0 Å². The molecule has 0 bridgehead atoms. The molecule has 0 atom stereocenters. The number of rotatable bonds is 5. The number of benzene rings is 5. The minimum Gasteiger partial charge on any atom is -0.509 e. The van der Waals surface area contributed by atoms with Gasteiger partial charge in [0, 0.05) is 68.0 Å². The Labute approximate surface area is 305 Å². The van der Waals surface area contributed by atoms with Crippen molar-refractivity contribution in [3.63, 3.8) is 0 Å². The molecule has 4 heterocycles. The largest absolute Gasteiger partial charge is 0.509 e. The van der Waals surface area contributed by atoms with E-state index in [0.717, 1.165) is 50.4 Å². The van der Waals surface area contributed by atoms with Gasteiger partial charge >= 0.3 is 0 Å². The average molecular weight is 830 g/mol. The minimum atomic E-state index is -0.00879. The van der Waals surface area contributed by atoms with Crippen molar-refractivity contribution in [2.45, 2.75) is 26.2 Å². The second-order valence-electron chi connectivity index (χ2n) is 13.3. The molecule has 0 spiro atoms. The van der Waals surface area contributed by atoms with Gasteiger partial charge in [-0.1, -0.05) is 74.8 Å². The van der Waals surface area contributed by atoms with Gasteiger partial charge in [-0.2, -0.15) is 12.1 Å². The van der Waals surface area contributed by atoms with Gasteiger partial charge in [-0.25, -0.2) is 4.98 Å². The zero-order chi connectivity index (χ0) is 33.1. The molecule has 6 nitrogen and oxygen atoms in total. The van der Waals surface area contributed by atoms with Gasteiger partial charge < -0.3 is 19.1 Å². The second-order valence-corrected chi connectivity index (χ2v) is 13.3. The van der Waals surface area contributed by atoms with E-state index in [1.54, 1.807) is 0 Å². The summed E-state index contributed by atoms with van der Waals surface area (Å²) >= 11 is 0. The van der Waals surface area contributed by atoms with E-state index in [4.69, 9.17) is 9.72 Å². The number of ether oxygens (including phenoxy) is 1. The van der Waals surface area contributed by atoms with Crippen molar-refractivity contribution >= 4 is 55.3 Å². The molecule has 248 valence electrons. The summed E-state index contributed by atoms with van der Waals surface area (Å²) in [4.78, 5) is 13.5. The normalized spacial score (nSPS) is 12.8. The number of pyridine rings is 2. The van der Waals surface area contributed by atoms with Crippen molar-refractivity contribution in [3.05, 3.63) is 158 Å². The van der Waals surface area contributed by atoms with Gasteiger partial charge in [-0.3, -0.25) is 4.98 Å². The van der Waals surface area contributed by atoms with Gasteiger partial charge in [0.1, 0.15) is 5.82 Å². The van der Waals surface area contributed by atoms with Crippen LogP contribution < -0.4 is 14.5 Å². The summed E-state index contributed by atoms with van der Waals surface area (Å²) in [6, 6.07) is 46.7. The van der Waals surface area contributed by atoms with E-state index in [0.29, 0.717) is 11.5 Å². The molecule has 0 unspecified atom stereocenters. The van der Waals surface area contributed by atoms with Gasteiger partial charge in [0.05, 0.1) is 5.69 Å². The van der Waals surface area contributed by atoms with Crippen LogP contribution in [0.15, 0.2) is 134 Å². The minimum absolute atomic E-state index is 0. The molecule has 9 rings (SSSR count). The second kappa shape index (κ2) is 12.5. The Bertz CT molecular complexity index is 2530.